The zero-order valence-corrected chi connectivity index (χ0v) is 19.3. The molecule has 0 aliphatic carbocycles. The molecule has 26 heavy (non-hydrogen) atoms. The van der Waals surface area contributed by atoms with E-state index in [2.05, 4.69) is 38.6 Å². The molecule has 0 heterocycles. The van der Waals surface area contributed by atoms with Gasteiger partial charge in [-0.2, -0.15) is 0 Å². The number of hydrogen-bond donors (Lipinski definition) is 1. The molecule has 1 aromatic carbocycles. The molecule has 0 saturated carbocycles. The summed E-state index contributed by atoms with van der Waals surface area (Å²) in [5.74, 6) is -0.250. The van der Waals surface area contributed by atoms with Crippen LogP contribution in [0.2, 0.25) is 18.1 Å². The molecule has 0 spiro atoms. The van der Waals surface area contributed by atoms with Crippen molar-refractivity contribution in [1.29, 1.82) is 0 Å². The molecule has 0 fully saturated rings. The summed E-state index contributed by atoms with van der Waals surface area (Å²) in [4.78, 5) is 0. The minimum Gasteiger partial charge on any atom is -0.598 e. The molecule has 0 amide bonds. The number of hydrogen-bond acceptors (Lipinski definition) is 4. The van der Waals surface area contributed by atoms with Crippen LogP contribution in [-0.4, -0.2) is 31.3 Å². The highest BCUT2D eigenvalue weighted by molar-refractivity contribution is 7.90. The third-order valence-corrected chi connectivity index (χ3v) is 10.9. The Morgan fingerprint density at radius 2 is 1.77 bits per heavy atom. The van der Waals surface area contributed by atoms with E-state index in [0.717, 1.165) is 0 Å². The molecule has 0 aliphatic rings. The Morgan fingerprint density at radius 1 is 1.19 bits per heavy atom. The predicted molar refractivity (Wildman–Crippen MR) is 110 cm³/mol. The van der Waals surface area contributed by atoms with Crippen molar-refractivity contribution in [3.63, 3.8) is 0 Å². The van der Waals surface area contributed by atoms with Gasteiger partial charge in [0.2, 0.25) is 0 Å². The summed E-state index contributed by atoms with van der Waals surface area (Å²) in [5.41, 5.74) is 0.694. The largest absolute Gasteiger partial charge is 0.598 e. The Balaban J connectivity index is 3.08. The average Bonchev–Trinajstić information content (AvgIpc) is 2.48. The summed E-state index contributed by atoms with van der Waals surface area (Å²) in [7, 11) is -0.553. The number of nitrogens with one attached hydrogen (secondary N) is 1. The van der Waals surface area contributed by atoms with Crippen molar-refractivity contribution in [1.82, 2.24) is 4.72 Å². The van der Waals surface area contributed by atoms with Crippen LogP contribution in [0.25, 0.3) is 0 Å². The maximum absolute atomic E-state index is 14.2. The van der Waals surface area contributed by atoms with E-state index in [4.69, 9.17) is 9.16 Å². The van der Waals surface area contributed by atoms with Gasteiger partial charge in [0.05, 0.1) is 19.8 Å². The quantitative estimate of drug-likeness (QED) is 0.517. The molecule has 0 aliphatic heterocycles. The Kier molecular flexibility index (Phi) is 7.76. The molecule has 0 bridgehead atoms. The number of benzene rings is 1. The molecule has 150 valence electrons. The topological polar surface area (TPSA) is 53.5 Å². The van der Waals surface area contributed by atoms with Gasteiger partial charge in [0.15, 0.2) is 19.9 Å². The second-order valence-corrected chi connectivity index (χ2v) is 15.8. The zero-order valence-electron chi connectivity index (χ0n) is 17.5. The molecule has 0 radical (unpaired) electrons. The Bertz CT molecular complexity index is 599. The monoisotopic (exact) mass is 403 g/mol. The van der Waals surface area contributed by atoms with Gasteiger partial charge in [-0.3, -0.25) is 0 Å². The Morgan fingerprint density at radius 3 is 2.19 bits per heavy atom. The van der Waals surface area contributed by atoms with Gasteiger partial charge in [0, 0.05) is 11.4 Å². The van der Waals surface area contributed by atoms with Crippen molar-refractivity contribution in [3.05, 3.63) is 29.6 Å². The summed E-state index contributed by atoms with van der Waals surface area (Å²) in [6.45, 7) is 16.9. The first-order valence-electron chi connectivity index (χ1n) is 8.84. The summed E-state index contributed by atoms with van der Waals surface area (Å²) in [6, 6.07) is 4.43. The summed E-state index contributed by atoms with van der Waals surface area (Å²) in [5, 5.41) is 0.0614. The maximum Gasteiger partial charge on any atom is 0.192 e. The van der Waals surface area contributed by atoms with E-state index < -0.39 is 30.2 Å². The van der Waals surface area contributed by atoms with Crippen LogP contribution in [0.4, 0.5) is 4.39 Å². The van der Waals surface area contributed by atoms with Gasteiger partial charge in [0.1, 0.15) is 4.75 Å². The highest BCUT2D eigenvalue weighted by Gasteiger charge is 2.38. The van der Waals surface area contributed by atoms with Crippen LogP contribution in [0.1, 0.15) is 53.1 Å². The fourth-order valence-corrected chi connectivity index (χ4v) is 3.74. The molecule has 4 nitrogen and oxygen atoms in total. The lowest BCUT2D eigenvalue weighted by Crippen LogP contribution is -2.46. The smallest absolute Gasteiger partial charge is 0.192 e. The predicted octanol–water partition coefficient (Wildman–Crippen LogP) is 4.95. The van der Waals surface area contributed by atoms with Gasteiger partial charge in [-0.05, 0) is 56.6 Å². The molecule has 1 rings (SSSR count). The standard InChI is InChI=1S/C19H34FNO3SSi/c1-18(2,3)25(22)21-16(13-24-26(8,9)19(4,5)6)14-10-11-17(23-7)15(20)12-14/h10-12,16,21H,13H2,1-9H3/t16-,25?/m1/s1. The first-order chi connectivity index (χ1) is 11.7. The van der Waals surface area contributed by atoms with Gasteiger partial charge in [0.25, 0.3) is 0 Å². The Labute approximate surface area is 162 Å². The van der Waals surface area contributed by atoms with E-state index in [1.807, 2.05) is 20.8 Å². The second kappa shape index (κ2) is 8.60. The SMILES string of the molecule is COc1ccc([C@@H](CO[Si](C)(C)C(C)(C)C)N[S+]([O-])C(C)(C)C)cc1F. The van der Waals surface area contributed by atoms with Crippen molar-refractivity contribution in [2.24, 2.45) is 0 Å². The average molecular weight is 404 g/mol. The summed E-state index contributed by atoms with van der Waals surface area (Å²) >= 11 is -1.30. The lowest BCUT2D eigenvalue weighted by Gasteiger charge is -2.37. The van der Waals surface area contributed by atoms with E-state index in [1.165, 1.54) is 13.2 Å². The van der Waals surface area contributed by atoms with Crippen molar-refractivity contribution < 1.29 is 18.1 Å². The van der Waals surface area contributed by atoms with Crippen LogP contribution in [0, 0.1) is 5.82 Å². The van der Waals surface area contributed by atoms with E-state index in [0.29, 0.717) is 12.2 Å². The molecule has 7 heteroatoms. The van der Waals surface area contributed by atoms with Gasteiger partial charge in [-0.1, -0.05) is 26.8 Å². The van der Waals surface area contributed by atoms with Crippen molar-refractivity contribution >= 4 is 19.7 Å². The third kappa shape index (κ3) is 6.23. The fourth-order valence-electron chi connectivity index (χ4n) is 1.91. The minimum atomic E-state index is -1.99. The first-order valence-corrected chi connectivity index (χ1v) is 12.9. The molecule has 0 aromatic heterocycles. The van der Waals surface area contributed by atoms with Crippen LogP contribution in [0.3, 0.4) is 0 Å². The number of halogens is 1. The molecule has 1 aromatic rings. The first kappa shape index (κ1) is 23.4. The molecule has 1 unspecified atom stereocenters. The van der Waals surface area contributed by atoms with E-state index in [-0.39, 0.29) is 16.8 Å². The molecular formula is C19H34FNO3SSi. The third-order valence-electron chi connectivity index (χ3n) is 4.80. The number of ether oxygens (including phenoxy) is 1. The van der Waals surface area contributed by atoms with Gasteiger partial charge in [-0.25, -0.2) is 4.39 Å². The van der Waals surface area contributed by atoms with Crippen LogP contribution < -0.4 is 9.46 Å². The van der Waals surface area contributed by atoms with Crippen molar-refractivity contribution in [2.75, 3.05) is 13.7 Å². The van der Waals surface area contributed by atoms with Crippen LogP contribution in [0.15, 0.2) is 18.2 Å². The zero-order chi connectivity index (χ0) is 20.3. The molecular weight excluding hydrogens is 369 g/mol. The molecule has 1 N–H and O–H groups in total. The second-order valence-electron chi connectivity index (χ2n) is 9.02. The highest BCUT2D eigenvalue weighted by atomic mass is 32.2. The maximum atomic E-state index is 14.2. The summed E-state index contributed by atoms with van der Waals surface area (Å²) < 4.78 is 40.8. The molecule has 0 saturated heterocycles. The number of rotatable bonds is 7. The van der Waals surface area contributed by atoms with E-state index in [1.54, 1.807) is 12.1 Å². The van der Waals surface area contributed by atoms with Crippen LogP contribution in [0.5, 0.6) is 5.75 Å². The lowest BCUT2D eigenvalue weighted by molar-refractivity contribution is 0.255. The fraction of sp³-hybridized carbons (Fsp3) is 0.684. The lowest BCUT2D eigenvalue weighted by atomic mass is 10.1. The Hall–Kier alpha value is -0.603. The normalized spacial score (nSPS) is 15.7. The van der Waals surface area contributed by atoms with Crippen molar-refractivity contribution in [2.45, 2.75) is 70.5 Å². The van der Waals surface area contributed by atoms with Crippen LogP contribution >= 0.6 is 0 Å². The van der Waals surface area contributed by atoms with Crippen molar-refractivity contribution in [3.8, 4) is 5.75 Å². The van der Waals surface area contributed by atoms with Gasteiger partial charge < -0.3 is 13.7 Å². The van der Waals surface area contributed by atoms with Gasteiger partial charge >= 0.3 is 0 Å². The van der Waals surface area contributed by atoms with E-state index in [9.17, 15) is 8.94 Å². The van der Waals surface area contributed by atoms with E-state index >= 15 is 0 Å². The van der Waals surface area contributed by atoms with Crippen LogP contribution in [-0.2, 0) is 15.8 Å². The minimum absolute atomic E-state index is 0.0614. The number of methoxy groups -OCH3 is 1. The molecule has 2 atom stereocenters. The highest BCUT2D eigenvalue weighted by Crippen LogP contribution is 2.37. The van der Waals surface area contributed by atoms with Gasteiger partial charge in [-0.15, -0.1) is 4.72 Å². The summed E-state index contributed by atoms with van der Waals surface area (Å²) in [6.07, 6.45) is 0.